The molecule has 1 aliphatic rings. The van der Waals surface area contributed by atoms with E-state index in [1.54, 1.807) is 20.4 Å². The Hall–Kier alpha value is -3.32. The van der Waals surface area contributed by atoms with Crippen molar-refractivity contribution < 1.29 is 14.3 Å². The summed E-state index contributed by atoms with van der Waals surface area (Å²) in [6.45, 7) is 3.66. The van der Waals surface area contributed by atoms with Crippen LogP contribution in [0, 0.1) is 0 Å². The van der Waals surface area contributed by atoms with E-state index >= 15 is 0 Å². The Bertz CT molecular complexity index is 1030. The summed E-state index contributed by atoms with van der Waals surface area (Å²) in [6.07, 6.45) is 2.48. The zero-order valence-corrected chi connectivity index (χ0v) is 18.0. The number of amides is 1. The second kappa shape index (κ2) is 9.66. The standard InChI is InChI=1S/C24H28N4O3/c1-30-20-8-9-22(31-2)19(14-20)17-27-11-10-23-25-16-21(28(23)13-12-27)24(29)26-15-18-6-4-3-5-7-18/h3-9,14,16H,10-13,15,17H2,1-2H3,(H,26,29). The first-order chi connectivity index (χ1) is 15.2. The maximum absolute atomic E-state index is 12.8. The van der Waals surface area contributed by atoms with Crippen molar-refractivity contribution in [2.75, 3.05) is 27.3 Å². The number of ether oxygens (including phenoxy) is 2. The molecule has 31 heavy (non-hydrogen) atoms. The molecule has 2 aromatic carbocycles. The van der Waals surface area contributed by atoms with Crippen LogP contribution in [0.1, 0.15) is 27.4 Å². The van der Waals surface area contributed by atoms with Crippen LogP contribution in [-0.2, 0) is 26.1 Å². The fourth-order valence-electron chi connectivity index (χ4n) is 3.93. The Labute approximate surface area is 182 Å². The normalized spacial score (nSPS) is 13.9. The smallest absolute Gasteiger partial charge is 0.269 e. The van der Waals surface area contributed by atoms with E-state index in [1.807, 2.05) is 53.1 Å². The van der Waals surface area contributed by atoms with Gasteiger partial charge < -0.3 is 19.4 Å². The van der Waals surface area contributed by atoms with Crippen molar-refractivity contribution in [3.8, 4) is 11.5 Å². The van der Waals surface area contributed by atoms with E-state index in [0.29, 0.717) is 12.2 Å². The minimum absolute atomic E-state index is 0.0921. The summed E-state index contributed by atoms with van der Waals surface area (Å²) in [5.41, 5.74) is 2.78. The van der Waals surface area contributed by atoms with Crippen LogP contribution in [0.5, 0.6) is 11.5 Å². The maximum atomic E-state index is 12.8. The third-order valence-corrected chi connectivity index (χ3v) is 5.64. The largest absolute Gasteiger partial charge is 0.497 e. The number of benzene rings is 2. The zero-order valence-electron chi connectivity index (χ0n) is 18.0. The van der Waals surface area contributed by atoms with E-state index < -0.39 is 0 Å². The second-order valence-corrected chi connectivity index (χ2v) is 7.58. The number of imidazole rings is 1. The molecule has 0 radical (unpaired) electrons. The van der Waals surface area contributed by atoms with E-state index in [9.17, 15) is 4.79 Å². The molecule has 7 heteroatoms. The van der Waals surface area contributed by atoms with Gasteiger partial charge in [0.05, 0.1) is 20.4 Å². The van der Waals surface area contributed by atoms with Gasteiger partial charge in [0.15, 0.2) is 0 Å². The van der Waals surface area contributed by atoms with Crippen LogP contribution in [-0.4, -0.2) is 47.7 Å². The van der Waals surface area contributed by atoms with Gasteiger partial charge in [-0.3, -0.25) is 9.69 Å². The van der Waals surface area contributed by atoms with Crippen molar-refractivity contribution in [3.05, 3.63) is 77.4 Å². The topological polar surface area (TPSA) is 68.6 Å². The molecule has 2 heterocycles. The molecule has 0 saturated carbocycles. The van der Waals surface area contributed by atoms with Crippen molar-refractivity contribution >= 4 is 5.91 Å². The minimum atomic E-state index is -0.0921. The Morgan fingerprint density at radius 1 is 1.06 bits per heavy atom. The molecule has 1 aliphatic heterocycles. The number of aromatic nitrogens is 2. The van der Waals surface area contributed by atoms with Gasteiger partial charge in [-0.2, -0.15) is 0 Å². The highest BCUT2D eigenvalue weighted by molar-refractivity contribution is 5.92. The van der Waals surface area contributed by atoms with Gasteiger partial charge in [-0.05, 0) is 23.8 Å². The molecule has 7 nitrogen and oxygen atoms in total. The lowest BCUT2D eigenvalue weighted by Gasteiger charge is -2.21. The Morgan fingerprint density at radius 3 is 2.68 bits per heavy atom. The lowest BCUT2D eigenvalue weighted by molar-refractivity contribution is 0.0940. The molecule has 0 aliphatic carbocycles. The van der Waals surface area contributed by atoms with E-state index in [4.69, 9.17) is 9.47 Å². The summed E-state index contributed by atoms with van der Waals surface area (Å²) in [4.78, 5) is 19.7. The molecular formula is C24H28N4O3. The van der Waals surface area contributed by atoms with E-state index in [-0.39, 0.29) is 5.91 Å². The number of carbonyl (C=O) groups excluding carboxylic acids is 1. The van der Waals surface area contributed by atoms with Crippen LogP contribution < -0.4 is 14.8 Å². The Kier molecular flexibility index (Phi) is 6.52. The molecule has 162 valence electrons. The quantitative estimate of drug-likeness (QED) is 0.637. The molecule has 0 unspecified atom stereocenters. The first-order valence-electron chi connectivity index (χ1n) is 10.5. The summed E-state index contributed by atoms with van der Waals surface area (Å²) >= 11 is 0. The zero-order chi connectivity index (χ0) is 21.6. The lowest BCUT2D eigenvalue weighted by Crippen LogP contribution is -2.28. The first-order valence-corrected chi connectivity index (χ1v) is 10.5. The van der Waals surface area contributed by atoms with Crippen molar-refractivity contribution in [1.82, 2.24) is 19.8 Å². The molecule has 0 spiro atoms. The number of hydrogen-bond acceptors (Lipinski definition) is 5. The predicted molar refractivity (Wildman–Crippen MR) is 118 cm³/mol. The lowest BCUT2D eigenvalue weighted by atomic mass is 10.1. The summed E-state index contributed by atoms with van der Waals surface area (Å²) < 4.78 is 12.9. The number of carbonyl (C=O) groups is 1. The average Bonchev–Trinajstić information content (AvgIpc) is 3.12. The molecule has 0 saturated heterocycles. The SMILES string of the molecule is COc1ccc(OC)c(CN2CCc3ncc(C(=O)NCc4ccccc4)n3CC2)c1. The van der Waals surface area contributed by atoms with Gasteiger partial charge in [-0.15, -0.1) is 0 Å². The van der Waals surface area contributed by atoms with Crippen LogP contribution in [0.15, 0.2) is 54.7 Å². The molecule has 3 aromatic rings. The van der Waals surface area contributed by atoms with Crippen molar-refractivity contribution in [3.63, 3.8) is 0 Å². The van der Waals surface area contributed by atoms with Crippen LogP contribution in [0.4, 0.5) is 0 Å². The van der Waals surface area contributed by atoms with Gasteiger partial charge in [-0.1, -0.05) is 30.3 Å². The number of fused-ring (bicyclic) bond motifs is 1. The minimum Gasteiger partial charge on any atom is -0.497 e. The highest BCUT2D eigenvalue weighted by Crippen LogP contribution is 2.26. The third kappa shape index (κ3) is 4.88. The molecule has 1 aromatic heterocycles. The molecule has 1 amide bonds. The van der Waals surface area contributed by atoms with Gasteiger partial charge in [0.2, 0.25) is 0 Å². The molecule has 4 rings (SSSR count). The monoisotopic (exact) mass is 420 g/mol. The van der Waals surface area contributed by atoms with E-state index in [0.717, 1.165) is 61.1 Å². The van der Waals surface area contributed by atoms with Gasteiger partial charge in [0.1, 0.15) is 23.0 Å². The van der Waals surface area contributed by atoms with Gasteiger partial charge in [0, 0.05) is 44.7 Å². The second-order valence-electron chi connectivity index (χ2n) is 7.58. The van der Waals surface area contributed by atoms with Crippen molar-refractivity contribution in [1.29, 1.82) is 0 Å². The maximum Gasteiger partial charge on any atom is 0.269 e. The molecular weight excluding hydrogens is 392 g/mol. The molecule has 0 fully saturated rings. The van der Waals surface area contributed by atoms with E-state index in [2.05, 4.69) is 15.2 Å². The summed E-state index contributed by atoms with van der Waals surface area (Å²) in [5, 5.41) is 3.01. The molecule has 1 N–H and O–H groups in total. The fraction of sp³-hybridized carbons (Fsp3) is 0.333. The van der Waals surface area contributed by atoms with Crippen LogP contribution in [0.2, 0.25) is 0 Å². The van der Waals surface area contributed by atoms with Gasteiger partial charge >= 0.3 is 0 Å². The number of rotatable bonds is 7. The van der Waals surface area contributed by atoms with Crippen LogP contribution in [0.3, 0.4) is 0 Å². The van der Waals surface area contributed by atoms with Crippen molar-refractivity contribution in [2.45, 2.75) is 26.1 Å². The molecule has 0 atom stereocenters. The summed E-state index contributed by atoms with van der Waals surface area (Å²) in [5.74, 6) is 2.52. The number of nitrogens with zero attached hydrogens (tertiary/aromatic N) is 3. The summed E-state index contributed by atoms with van der Waals surface area (Å²) in [6, 6.07) is 15.8. The average molecular weight is 421 g/mol. The number of methoxy groups -OCH3 is 2. The van der Waals surface area contributed by atoms with Crippen LogP contribution >= 0.6 is 0 Å². The highest BCUT2D eigenvalue weighted by Gasteiger charge is 2.21. The summed E-state index contributed by atoms with van der Waals surface area (Å²) in [7, 11) is 3.35. The van der Waals surface area contributed by atoms with Gasteiger partial charge in [0.25, 0.3) is 5.91 Å². The van der Waals surface area contributed by atoms with Crippen molar-refractivity contribution in [2.24, 2.45) is 0 Å². The van der Waals surface area contributed by atoms with E-state index in [1.165, 1.54) is 0 Å². The van der Waals surface area contributed by atoms with Gasteiger partial charge in [-0.25, -0.2) is 4.98 Å². The first kappa shape index (κ1) is 20.9. The Morgan fingerprint density at radius 2 is 1.90 bits per heavy atom. The Balaban J connectivity index is 1.42. The fourth-order valence-corrected chi connectivity index (χ4v) is 3.93. The van der Waals surface area contributed by atoms with Crippen LogP contribution in [0.25, 0.3) is 0 Å². The number of nitrogens with one attached hydrogen (secondary N) is 1. The number of hydrogen-bond donors (Lipinski definition) is 1. The highest BCUT2D eigenvalue weighted by atomic mass is 16.5. The predicted octanol–water partition coefficient (Wildman–Crippen LogP) is 2.89. The molecule has 0 bridgehead atoms. The third-order valence-electron chi connectivity index (χ3n) is 5.64.